The Morgan fingerprint density at radius 3 is 2.34 bits per heavy atom. The van der Waals surface area contributed by atoms with Gasteiger partial charge in [0.25, 0.3) is 0 Å². The van der Waals surface area contributed by atoms with Gasteiger partial charge in [-0.2, -0.15) is 0 Å². The minimum absolute atomic E-state index is 0.0421. The van der Waals surface area contributed by atoms with E-state index in [1.54, 1.807) is 49.4 Å². The fourth-order valence-electron chi connectivity index (χ4n) is 3.37. The zero-order chi connectivity index (χ0) is 20.8. The predicted molar refractivity (Wildman–Crippen MR) is 108 cm³/mol. The van der Waals surface area contributed by atoms with Crippen LogP contribution in [0.4, 0.5) is 0 Å². The maximum Gasteiger partial charge on any atom is 0.343 e. The number of ether oxygens (including phenoxy) is 1. The van der Waals surface area contributed by atoms with E-state index in [1.807, 2.05) is 0 Å². The molecule has 1 atom stereocenters. The van der Waals surface area contributed by atoms with Crippen LogP contribution < -0.4 is 16.1 Å². The second-order valence-corrected chi connectivity index (χ2v) is 8.91. The summed E-state index contributed by atoms with van der Waals surface area (Å²) < 4.78 is 37.7. The predicted octanol–water partition coefficient (Wildman–Crippen LogP) is 3.73. The van der Waals surface area contributed by atoms with Crippen LogP contribution in [0.5, 0.6) is 5.75 Å². The van der Waals surface area contributed by atoms with Crippen molar-refractivity contribution in [2.24, 2.45) is 5.73 Å². The Morgan fingerprint density at radius 1 is 1.03 bits per heavy atom. The van der Waals surface area contributed by atoms with E-state index in [4.69, 9.17) is 26.5 Å². The van der Waals surface area contributed by atoms with Gasteiger partial charge in [-0.25, -0.2) is 13.2 Å². The molecule has 1 aliphatic rings. The van der Waals surface area contributed by atoms with E-state index in [-0.39, 0.29) is 27.0 Å². The zero-order valence-corrected chi connectivity index (χ0v) is 16.8. The van der Waals surface area contributed by atoms with Gasteiger partial charge in [-0.15, -0.1) is 0 Å². The first-order valence-electron chi connectivity index (χ1n) is 8.67. The zero-order valence-electron chi connectivity index (χ0n) is 15.3. The summed E-state index contributed by atoms with van der Waals surface area (Å²) in [7, 11) is -4.07. The molecular weight excluding hydrogens is 414 g/mol. The molecule has 2 N–H and O–H groups in total. The van der Waals surface area contributed by atoms with Gasteiger partial charge in [0.1, 0.15) is 16.4 Å². The number of hydrogen-bond acceptors (Lipinski definition) is 6. The Kier molecular flexibility index (Phi) is 4.72. The summed E-state index contributed by atoms with van der Waals surface area (Å²) in [5.41, 5.74) is 6.00. The van der Waals surface area contributed by atoms with Crippen LogP contribution in [-0.4, -0.2) is 8.42 Å². The van der Waals surface area contributed by atoms with Crippen LogP contribution in [0, 0.1) is 6.92 Å². The molecule has 29 heavy (non-hydrogen) atoms. The molecule has 0 saturated carbocycles. The van der Waals surface area contributed by atoms with E-state index in [1.165, 1.54) is 18.2 Å². The highest BCUT2D eigenvalue weighted by atomic mass is 35.5. The number of allylic oxidation sites excluding steroid dienone is 1. The van der Waals surface area contributed by atoms with Crippen molar-refractivity contribution in [2.45, 2.75) is 17.7 Å². The monoisotopic (exact) mass is 429 g/mol. The lowest BCUT2D eigenvalue weighted by molar-refractivity contribution is 0.372. The van der Waals surface area contributed by atoms with Crippen LogP contribution in [0.1, 0.15) is 22.8 Å². The van der Waals surface area contributed by atoms with E-state index in [2.05, 4.69) is 0 Å². The molecule has 148 valence electrons. The molecule has 0 fully saturated rings. The van der Waals surface area contributed by atoms with Gasteiger partial charge >= 0.3 is 5.63 Å². The van der Waals surface area contributed by atoms with Gasteiger partial charge < -0.3 is 14.9 Å². The molecule has 0 saturated heterocycles. The average Bonchev–Trinajstić information content (AvgIpc) is 2.67. The maximum atomic E-state index is 13.5. The average molecular weight is 430 g/mol. The van der Waals surface area contributed by atoms with Gasteiger partial charge in [0.05, 0.1) is 16.4 Å². The van der Waals surface area contributed by atoms with Crippen LogP contribution in [0.25, 0.3) is 0 Å². The number of nitrogens with two attached hydrogens (primary N) is 1. The summed E-state index contributed by atoms with van der Waals surface area (Å²) >= 11 is 5.99. The summed E-state index contributed by atoms with van der Waals surface area (Å²) in [6, 6.07) is 15.9. The first kappa shape index (κ1) is 19.3. The fraction of sp³-hybridized carbons (Fsp3) is 0.0952. The van der Waals surface area contributed by atoms with E-state index in [9.17, 15) is 13.2 Å². The Hall–Kier alpha value is -3.03. The lowest BCUT2D eigenvalue weighted by Gasteiger charge is -2.28. The second-order valence-electron chi connectivity index (χ2n) is 6.55. The van der Waals surface area contributed by atoms with Crippen LogP contribution in [0.2, 0.25) is 5.02 Å². The maximum absolute atomic E-state index is 13.5. The van der Waals surface area contributed by atoms with E-state index >= 15 is 0 Å². The normalized spacial score (nSPS) is 16.3. The number of halogens is 1. The fourth-order valence-corrected chi connectivity index (χ4v) is 5.13. The summed E-state index contributed by atoms with van der Waals surface area (Å²) in [5.74, 6) is -0.793. The molecule has 1 aliphatic heterocycles. The quantitative estimate of drug-likeness (QED) is 0.681. The summed E-state index contributed by atoms with van der Waals surface area (Å²) in [6.45, 7) is 1.60. The molecule has 6 nitrogen and oxygen atoms in total. The molecule has 0 spiro atoms. The largest absolute Gasteiger partial charge is 0.440 e. The van der Waals surface area contributed by atoms with Crippen LogP contribution in [0.3, 0.4) is 0 Å². The Balaban J connectivity index is 2.03. The third-order valence-corrected chi connectivity index (χ3v) is 6.79. The van der Waals surface area contributed by atoms with E-state index in [0.717, 1.165) is 0 Å². The van der Waals surface area contributed by atoms with Crippen molar-refractivity contribution in [1.29, 1.82) is 0 Å². The number of benzene rings is 2. The van der Waals surface area contributed by atoms with Gasteiger partial charge in [0.15, 0.2) is 0 Å². The minimum Gasteiger partial charge on any atom is -0.440 e. The highest BCUT2D eigenvalue weighted by Gasteiger charge is 2.41. The van der Waals surface area contributed by atoms with Crippen molar-refractivity contribution < 1.29 is 17.6 Å². The highest BCUT2D eigenvalue weighted by molar-refractivity contribution is 7.95. The van der Waals surface area contributed by atoms with Gasteiger partial charge in [-0.3, -0.25) is 0 Å². The van der Waals surface area contributed by atoms with Gasteiger partial charge in [-0.1, -0.05) is 41.9 Å². The number of rotatable bonds is 3. The molecule has 0 radical (unpaired) electrons. The molecule has 4 rings (SSSR count). The molecule has 2 heterocycles. The first-order chi connectivity index (χ1) is 13.8. The third-order valence-electron chi connectivity index (χ3n) is 4.63. The van der Waals surface area contributed by atoms with E-state index < -0.39 is 21.4 Å². The molecule has 8 heteroatoms. The lowest BCUT2D eigenvalue weighted by atomic mass is 9.90. The summed E-state index contributed by atoms with van der Waals surface area (Å²) in [5, 5.41) is 0.474. The molecule has 0 amide bonds. The molecule has 3 aromatic rings. The minimum atomic E-state index is -4.07. The SMILES string of the molecule is Cc1cc2c(c(=O)o1)[C@@H](c1ccc(Cl)cc1)C(S(=O)(=O)c1ccccc1)=C(N)O2. The topological polar surface area (TPSA) is 99.6 Å². The summed E-state index contributed by atoms with van der Waals surface area (Å²) in [4.78, 5) is 12.5. The molecule has 1 aromatic heterocycles. The smallest absolute Gasteiger partial charge is 0.343 e. The lowest BCUT2D eigenvalue weighted by Crippen LogP contribution is -2.30. The molecule has 2 aromatic carbocycles. The van der Waals surface area contributed by atoms with Gasteiger partial charge in [0, 0.05) is 11.1 Å². The van der Waals surface area contributed by atoms with Gasteiger partial charge in [0.2, 0.25) is 15.7 Å². The van der Waals surface area contributed by atoms with Crippen molar-refractivity contribution in [3.8, 4) is 5.75 Å². The Bertz CT molecular complexity index is 1280. The van der Waals surface area contributed by atoms with Crippen molar-refractivity contribution in [3.63, 3.8) is 0 Å². The molecule has 0 bridgehead atoms. The van der Waals surface area contributed by atoms with Crippen LogP contribution in [-0.2, 0) is 9.84 Å². The van der Waals surface area contributed by atoms with Crippen LogP contribution in [0.15, 0.2) is 85.6 Å². The van der Waals surface area contributed by atoms with Gasteiger partial charge in [-0.05, 0) is 36.8 Å². The van der Waals surface area contributed by atoms with E-state index in [0.29, 0.717) is 16.3 Å². The summed E-state index contributed by atoms with van der Waals surface area (Å²) in [6.07, 6.45) is 0. The highest BCUT2D eigenvalue weighted by Crippen LogP contribution is 2.44. The number of aryl methyl sites for hydroxylation is 1. The number of fused-ring (bicyclic) bond motifs is 1. The third kappa shape index (κ3) is 3.32. The standard InChI is InChI=1S/C21H16ClNO5S/c1-12-11-16-18(21(24)27-12)17(13-7-9-14(22)10-8-13)19(20(23)28-16)29(25,26)15-5-3-2-4-6-15/h2-11,17H,23H2,1H3/t17-/m1/s1. The number of sulfone groups is 1. The van der Waals surface area contributed by atoms with Crippen molar-refractivity contribution in [3.05, 3.63) is 104 Å². The van der Waals surface area contributed by atoms with Crippen molar-refractivity contribution >= 4 is 21.4 Å². The first-order valence-corrected chi connectivity index (χ1v) is 10.5. The van der Waals surface area contributed by atoms with Crippen molar-refractivity contribution in [1.82, 2.24) is 0 Å². The Morgan fingerprint density at radius 2 is 1.69 bits per heavy atom. The Labute approximate surface area is 172 Å². The molecular formula is C21H16ClNO5S. The number of hydrogen-bond donors (Lipinski definition) is 1. The second kappa shape index (κ2) is 7.09. The van der Waals surface area contributed by atoms with Crippen LogP contribution >= 0.6 is 11.6 Å². The molecule has 0 aliphatic carbocycles. The molecule has 0 unspecified atom stereocenters. The van der Waals surface area contributed by atoms with Crippen molar-refractivity contribution in [2.75, 3.05) is 0 Å².